The third kappa shape index (κ3) is 4.37. The number of nitro groups is 1. The van der Waals surface area contributed by atoms with Crippen LogP contribution < -0.4 is 14.9 Å². The van der Waals surface area contributed by atoms with Gasteiger partial charge >= 0.3 is 0 Å². The van der Waals surface area contributed by atoms with Crippen LogP contribution in [0.4, 0.5) is 5.69 Å². The largest absolute Gasteiger partial charge is 0.493 e. The molecule has 0 aliphatic rings. The number of nitro benzene ring substituents is 1. The van der Waals surface area contributed by atoms with Gasteiger partial charge in [-0.1, -0.05) is 6.07 Å². The van der Waals surface area contributed by atoms with E-state index >= 15 is 0 Å². The maximum Gasteiger partial charge on any atom is 0.273 e. The van der Waals surface area contributed by atoms with E-state index < -0.39 is 10.8 Å². The lowest BCUT2D eigenvalue weighted by atomic mass is 10.1. The van der Waals surface area contributed by atoms with E-state index in [-0.39, 0.29) is 11.3 Å². The van der Waals surface area contributed by atoms with E-state index in [9.17, 15) is 14.9 Å². The topological polar surface area (TPSA) is 103 Å². The van der Waals surface area contributed by atoms with Crippen LogP contribution in [0.3, 0.4) is 0 Å². The molecule has 0 aromatic heterocycles. The Morgan fingerprint density at radius 2 is 2.00 bits per heavy atom. The molecule has 2 aromatic rings. The average Bonchev–Trinajstić information content (AvgIpc) is 2.61. The second kappa shape index (κ2) is 8.43. The van der Waals surface area contributed by atoms with Crippen molar-refractivity contribution in [3.8, 4) is 11.5 Å². The molecule has 0 saturated carbocycles. The summed E-state index contributed by atoms with van der Waals surface area (Å²) in [4.78, 5) is 22.5. The number of amides is 1. The van der Waals surface area contributed by atoms with Gasteiger partial charge in [0.05, 0.1) is 29.8 Å². The molecule has 0 aliphatic carbocycles. The van der Waals surface area contributed by atoms with Crippen molar-refractivity contribution in [1.82, 2.24) is 5.43 Å². The molecule has 0 heterocycles. The molecule has 9 heteroatoms. The van der Waals surface area contributed by atoms with E-state index in [1.165, 1.54) is 38.6 Å². The van der Waals surface area contributed by atoms with Crippen molar-refractivity contribution in [1.29, 1.82) is 0 Å². The number of carbonyl (C=O) groups is 1. The Bertz CT molecular complexity index is 883. The third-order valence-electron chi connectivity index (χ3n) is 3.50. The summed E-state index contributed by atoms with van der Waals surface area (Å²) in [6.45, 7) is 1.60. The molecule has 1 N–H and O–H groups in total. The number of ether oxygens (including phenoxy) is 2. The second-order valence-electron chi connectivity index (χ2n) is 5.20. The monoisotopic (exact) mass is 421 g/mol. The normalized spacial score (nSPS) is 10.6. The molecule has 136 valence electrons. The average molecular weight is 422 g/mol. The molecule has 0 aliphatic heterocycles. The van der Waals surface area contributed by atoms with Crippen molar-refractivity contribution in [2.24, 2.45) is 5.10 Å². The van der Waals surface area contributed by atoms with Crippen molar-refractivity contribution < 1.29 is 19.2 Å². The van der Waals surface area contributed by atoms with Crippen LogP contribution in [0.1, 0.15) is 21.5 Å². The SMILES string of the molecule is COc1cc(/C=N\NC(=O)c2ccc(C)c([N+](=O)[O-])c2)cc(Br)c1OC. The number of hydrogen-bond acceptors (Lipinski definition) is 6. The highest BCUT2D eigenvalue weighted by Crippen LogP contribution is 2.35. The quantitative estimate of drug-likeness (QED) is 0.437. The van der Waals surface area contributed by atoms with Gasteiger partial charge < -0.3 is 9.47 Å². The summed E-state index contributed by atoms with van der Waals surface area (Å²) in [5, 5.41) is 14.8. The number of carbonyl (C=O) groups excluding carboxylic acids is 1. The zero-order chi connectivity index (χ0) is 19.3. The van der Waals surface area contributed by atoms with Crippen molar-refractivity contribution in [3.63, 3.8) is 0 Å². The summed E-state index contributed by atoms with van der Waals surface area (Å²) in [5.74, 6) is 0.494. The van der Waals surface area contributed by atoms with Crippen LogP contribution in [-0.2, 0) is 0 Å². The van der Waals surface area contributed by atoms with E-state index in [0.29, 0.717) is 27.1 Å². The molecule has 0 saturated heterocycles. The van der Waals surface area contributed by atoms with Crippen molar-refractivity contribution in [2.45, 2.75) is 6.92 Å². The van der Waals surface area contributed by atoms with E-state index in [1.807, 2.05) is 0 Å². The van der Waals surface area contributed by atoms with Gasteiger partial charge in [0.2, 0.25) is 0 Å². The summed E-state index contributed by atoms with van der Waals surface area (Å²) >= 11 is 3.37. The van der Waals surface area contributed by atoms with Gasteiger partial charge in [-0.05, 0) is 46.6 Å². The number of halogens is 1. The van der Waals surface area contributed by atoms with Crippen LogP contribution in [0.25, 0.3) is 0 Å². The summed E-state index contributed by atoms with van der Waals surface area (Å²) in [5.41, 5.74) is 3.50. The van der Waals surface area contributed by atoms with Crippen molar-refractivity contribution >= 4 is 33.7 Å². The van der Waals surface area contributed by atoms with Gasteiger partial charge in [0.25, 0.3) is 11.6 Å². The minimum Gasteiger partial charge on any atom is -0.493 e. The highest BCUT2D eigenvalue weighted by atomic mass is 79.9. The Morgan fingerprint density at radius 1 is 1.27 bits per heavy atom. The fraction of sp³-hybridized carbons (Fsp3) is 0.176. The predicted molar refractivity (Wildman–Crippen MR) is 100 cm³/mol. The molecule has 0 fully saturated rings. The van der Waals surface area contributed by atoms with Crippen LogP contribution in [0.15, 0.2) is 39.9 Å². The van der Waals surface area contributed by atoms with Crippen LogP contribution in [0, 0.1) is 17.0 Å². The van der Waals surface area contributed by atoms with Crippen LogP contribution >= 0.6 is 15.9 Å². The molecular formula is C17H16BrN3O5. The maximum absolute atomic E-state index is 12.1. The van der Waals surface area contributed by atoms with Gasteiger partial charge in [0.15, 0.2) is 11.5 Å². The molecule has 8 nitrogen and oxygen atoms in total. The molecule has 0 atom stereocenters. The zero-order valence-corrected chi connectivity index (χ0v) is 15.9. The molecular weight excluding hydrogens is 406 g/mol. The second-order valence-corrected chi connectivity index (χ2v) is 6.05. The lowest BCUT2D eigenvalue weighted by molar-refractivity contribution is -0.385. The van der Waals surface area contributed by atoms with E-state index in [4.69, 9.17) is 9.47 Å². The molecule has 0 unspecified atom stereocenters. The van der Waals surface area contributed by atoms with Gasteiger partial charge in [0.1, 0.15) is 0 Å². The van der Waals surface area contributed by atoms with Gasteiger partial charge in [0, 0.05) is 17.2 Å². The van der Waals surface area contributed by atoms with Crippen molar-refractivity contribution in [2.75, 3.05) is 14.2 Å². The van der Waals surface area contributed by atoms with Gasteiger partial charge in [-0.25, -0.2) is 5.43 Å². The predicted octanol–water partition coefficient (Wildman–Crippen LogP) is 3.45. The zero-order valence-electron chi connectivity index (χ0n) is 14.3. The summed E-state index contributed by atoms with van der Waals surface area (Å²) in [7, 11) is 3.04. The van der Waals surface area contributed by atoms with Crippen molar-refractivity contribution in [3.05, 3.63) is 61.6 Å². The first kappa shape index (κ1) is 19.4. The first-order valence-electron chi connectivity index (χ1n) is 7.37. The van der Waals surface area contributed by atoms with Crippen LogP contribution in [-0.4, -0.2) is 31.3 Å². The van der Waals surface area contributed by atoms with Gasteiger partial charge in [-0.3, -0.25) is 14.9 Å². The standard InChI is InChI=1S/C17H16BrN3O5/c1-10-4-5-12(8-14(10)21(23)24)17(22)20-19-9-11-6-13(18)16(26-3)15(7-11)25-2/h4-9H,1-3H3,(H,20,22)/b19-9-. The summed E-state index contributed by atoms with van der Waals surface area (Å²) in [6, 6.07) is 7.67. The number of aryl methyl sites for hydroxylation is 1. The van der Waals surface area contributed by atoms with Crippen LogP contribution in [0.5, 0.6) is 11.5 Å². The van der Waals surface area contributed by atoms with Gasteiger partial charge in [-0.15, -0.1) is 0 Å². The highest BCUT2D eigenvalue weighted by Gasteiger charge is 2.14. The Hall–Kier alpha value is -2.94. The summed E-state index contributed by atoms with van der Waals surface area (Å²) < 4.78 is 11.1. The summed E-state index contributed by atoms with van der Waals surface area (Å²) in [6.07, 6.45) is 1.42. The highest BCUT2D eigenvalue weighted by molar-refractivity contribution is 9.10. The number of hydrogen-bond donors (Lipinski definition) is 1. The molecule has 26 heavy (non-hydrogen) atoms. The molecule has 0 bridgehead atoms. The minimum absolute atomic E-state index is 0.120. The number of nitrogens with zero attached hydrogens (tertiary/aromatic N) is 2. The molecule has 0 radical (unpaired) electrons. The minimum atomic E-state index is -0.552. The number of rotatable bonds is 6. The third-order valence-corrected chi connectivity index (χ3v) is 4.09. The Morgan fingerprint density at radius 3 is 2.62 bits per heavy atom. The Labute approximate surface area is 158 Å². The number of benzene rings is 2. The lowest BCUT2D eigenvalue weighted by Crippen LogP contribution is -2.17. The molecule has 0 spiro atoms. The first-order valence-corrected chi connectivity index (χ1v) is 8.16. The van der Waals surface area contributed by atoms with E-state index in [0.717, 1.165) is 0 Å². The molecule has 2 aromatic carbocycles. The van der Waals surface area contributed by atoms with Crippen LogP contribution in [0.2, 0.25) is 0 Å². The number of hydrazone groups is 1. The van der Waals surface area contributed by atoms with E-state index in [1.54, 1.807) is 19.1 Å². The molecule has 2 rings (SSSR count). The molecule has 1 amide bonds. The Kier molecular flexibility index (Phi) is 6.29. The van der Waals surface area contributed by atoms with Gasteiger partial charge in [-0.2, -0.15) is 5.10 Å². The fourth-order valence-corrected chi connectivity index (χ4v) is 2.81. The first-order chi connectivity index (χ1) is 12.4. The number of nitrogens with one attached hydrogen (secondary N) is 1. The lowest BCUT2D eigenvalue weighted by Gasteiger charge is -2.10. The Balaban J connectivity index is 2.16. The smallest absolute Gasteiger partial charge is 0.273 e. The number of methoxy groups -OCH3 is 2. The fourth-order valence-electron chi connectivity index (χ4n) is 2.19. The van der Waals surface area contributed by atoms with E-state index in [2.05, 4.69) is 26.5 Å². The maximum atomic E-state index is 12.1.